The molecule has 2 aromatic carbocycles. The molecule has 0 unspecified atom stereocenters. The molecule has 0 saturated heterocycles. The molecule has 0 aromatic heterocycles. The summed E-state index contributed by atoms with van der Waals surface area (Å²) >= 11 is 0. The molecule has 2 aromatic rings. The van der Waals surface area contributed by atoms with E-state index in [4.69, 9.17) is 10.00 Å². The van der Waals surface area contributed by atoms with Crippen molar-refractivity contribution in [1.82, 2.24) is 16.2 Å². The summed E-state index contributed by atoms with van der Waals surface area (Å²) in [7, 11) is 0. The number of nitriles is 1. The third-order valence-corrected chi connectivity index (χ3v) is 3.67. The molecule has 0 heterocycles. The fourth-order valence-electron chi connectivity index (χ4n) is 2.17. The van der Waals surface area contributed by atoms with Gasteiger partial charge >= 0.3 is 0 Å². The maximum absolute atomic E-state index is 12.0. The Morgan fingerprint density at radius 1 is 1.07 bits per heavy atom. The van der Waals surface area contributed by atoms with E-state index in [2.05, 4.69) is 16.2 Å². The molecular weight excluding hydrogens is 372 g/mol. The Kier molecular flexibility index (Phi) is 7.96. The van der Waals surface area contributed by atoms with Crippen molar-refractivity contribution < 1.29 is 19.1 Å². The second kappa shape index (κ2) is 10.9. The summed E-state index contributed by atoms with van der Waals surface area (Å²) in [6, 6.07) is 16.8. The number of para-hydroxylation sites is 1. The normalized spacial score (nSPS) is 11.2. The van der Waals surface area contributed by atoms with Crippen LogP contribution in [0.15, 0.2) is 60.7 Å². The van der Waals surface area contributed by atoms with Crippen LogP contribution in [0.25, 0.3) is 6.08 Å². The maximum Gasteiger partial charge on any atom is 0.276 e. The number of carbonyl (C=O) groups is 3. The second-order valence-electron chi connectivity index (χ2n) is 5.91. The molecule has 1 atom stereocenters. The molecular formula is C21H20N4O4. The molecule has 3 N–H and O–H groups in total. The van der Waals surface area contributed by atoms with E-state index in [0.29, 0.717) is 5.56 Å². The van der Waals surface area contributed by atoms with Gasteiger partial charge in [0, 0.05) is 6.08 Å². The van der Waals surface area contributed by atoms with Crippen LogP contribution in [-0.4, -0.2) is 30.4 Å². The van der Waals surface area contributed by atoms with E-state index >= 15 is 0 Å². The lowest BCUT2D eigenvalue weighted by atomic mass is 10.2. The molecule has 0 aliphatic carbocycles. The highest BCUT2D eigenvalue weighted by Crippen LogP contribution is 2.15. The molecule has 0 fully saturated rings. The van der Waals surface area contributed by atoms with Gasteiger partial charge in [0.2, 0.25) is 5.91 Å². The number of benzene rings is 2. The van der Waals surface area contributed by atoms with Gasteiger partial charge in [-0.25, -0.2) is 0 Å². The number of amides is 3. The third-order valence-electron chi connectivity index (χ3n) is 3.67. The van der Waals surface area contributed by atoms with Gasteiger partial charge in [0.15, 0.2) is 6.61 Å². The van der Waals surface area contributed by atoms with Gasteiger partial charge in [0.25, 0.3) is 11.8 Å². The minimum atomic E-state index is -0.872. The Hall–Kier alpha value is -4.12. The van der Waals surface area contributed by atoms with Crippen molar-refractivity contribution in [2.45, 2.75) is 13.0 Å². The average molecular weight is 392 g/mol. The topological polar surface area (TPSA) is 120 Å². The Bertz CT molecular complexity index is 935. The monoisotopic (exact) mass is 392 g/mol. The molecule has 0 radical (unpaired) electrons. The quantitative estimate of drug-likeness (QED) is 0.485. The van der Waals surface area contributed by atoms with E-state index in [-0.39, 0.29) is 12.4 Å². The van der Waals surface area contributed by atoms with Crippen molar-refractivity contribution >= 4 is 23.8 Å². The van der Waals surface area contributed by atoms with Crippen LogP contribution in [0.2, 0.25) is 0 Å². The van der Waals surface area contributed by atoms with Gasteiger partial charge in [-0.3, -0.25) is 25.2 Å². The highest BCUT2D eigenvalue weighted by molar-refractivity contribution is 5.95. The average Bonchev–Trinajstić information content (AvgIpc) is 2.75. The van der Waals surface area contributed by atoms with Crippen molar-refractivity contribution in [3.63, 3.8) is 0 Å². The Balaban J connectivity index is 1.73. The van der Waals surface area contributed by atoms with Gasteiger partial charge in [-0.05, 0) is 30.7 Å². The predicted molar refractivity (Wildman–Crippen MR) is 106 cm³/mol. The van der Waals surface area contributed by atoms with Crippen LogP contribution in [0.3, 0.4) is 0 Å². The summed E-state index contributed by atoms with van der Waals surface area (Å²) in [5, 5.41) is 11.5. The van der Waals surface area contributed by atoms with Gasteiger partial charge in [0.05, 0.1) is 5.56 Å². The van der Waals surface area contributed by atoms with E-state index < -0.39 is 23.8 Å². The van der Waals surface area contributed by atoms with Crippen LogP contribution >= 0.6 is 0 Å². The molecule has 29 heavy (non-hydrogen) atoms. The summed E-state index contributed by atoms with van der Waals surface area (Å²) in [5.74, 6) is -1.40. The number of ether oxygens (including phenoxy) is 1. The first kappa shape index (κ1) is 21.2. The molecule has 0 saturated carbocycles. The van der Waals surface area contributed by atoms with Crippen LogP contribution in [-0.2, 0) is 14.4 Å². The minimum Gasteiger partial charge on any atom is -0.482 e. The van der Waals surface area contributed by atoms with Crippen LogP contribution < -0.4 is 20.9 Å². The molecule has 148 valence electrons. The molecule has 0 spiro atoms. The molecule has 0 bridgehead atoms. The number of carbonyl (C=O) groups excluding carboxylic acids is 3. The Morgan fingerprint density at radius 3 is 2.48 bits per heavy atom. The number of hydrogen-bond acceptors (Lipinski definition) is 5. The fraction of sp³-hybridized carbons (Fsp3) is 0.143. The molecule has 2 rings (SSSR count). The summed E-state index contributed by atoms with van der Waals surface area (Å²) in [6.45, 7) is 1.09. The van der Waals surface area contributed by atoms with E-state index in [0.717, 1.165) is 5.56 Å². The maximum atomic E-state index is 12.0. The highest BCUT2D eigenvalue weighted by Gasteiger charge is 2.15. The molecule has 8 nitrogen and oxygen atoms in total. The number of hydrazine groups is 1. The van der Waals surface area contributed by atoms with Crippen LogP contribution in [0, 0.1) is 11.3 Å². The first-order chi connectivity index (χ1) is 14.0. The molecule has 0 aliphatic rings. The Morgan fingerprint density at radius 2 is 1.76 bits per heavy atom. The van der Waals surface area contributed by atoms with E-state index in [1.807, 2.05) is 36.4 Å². The standard InChI is InChI=1S/C21H20N4O4/c1-15(23-19(26)12-11-16-7-3-2-4-8-16)21(28)25-24-20(27)14-29-18-10-6-5-9-17(18)13-22/h2-12,15H,14H2,1H3,(H,23,26)(H,24,27)(H,25,28)/b12-11-/t15-/m0/s1. The largest absolute Gasteiger partial charge is 0.482 e. The Labute approximate surface area is 168 Å². The summed E-state index contributed by atoms with van der Waals surface area (Å²) < 4.78 is 5.26. The van der Waals surface area contributed by atoms with E-state index in [1.165, 1.54) is 13.0 Å². The van der Waals surface area contributed by atoms with Gasteiger partial charge in [-0.2, -0.15) is 5.26 Å². The highest BCUT2D eigenvalue weighted by atomic mass is 16.5. The minimum absolute atomic E-state index is 0.266. The molecule has 0 aliphatic heterocycles. The zero-order valence-electron chi connectivity index (χ0n) is 15.7. The van der Waals surface area contributed by atoms with Crippen molar-refractivity contribution in [3.05, 3.63) is 71.8 Å². The van der Waals surface area contributed by atoms with E-state index in [1.54, 1.807) is 30.3 Å². The van der Waals surface area contributed by atoms with E-state index in [9.17, 15) is 14.4 Å². The van der Waals surface area contributed by atoms with Crippen LogP contribution in [0.5, 0.6) is 5.75 Å². The molecule has 3 amide bonds. The molecule has 8 heteroatoms. The van der Waals surface area contributed by atoms with Crippen LogP contribution in [0.1, 0.15) is 18.1 Å². The first-order valence-corrected chi connectivity index (χ1v) is 8.74. The zero-order chi connectivity index (χ0) is 21.1. The number of nitrogens with one attached hydrogen (secondary N) is 3. The summed E-state index contributed by atoms with van der Waals surface area (Å²) in [6.07, 6.45) is 2.94. The van der Waals surface area contributed by atoms with Gasteiger partial charge in [-0.1, -0.05) is 42.5 Å². The second-order valence-corrected chi connectivity index (χ2v) is 5.91. The SMILES string of the molecule is C[C@H](NC(=O)/C=C\c1ccccc1)C(=O)NNC(=O)COc1ccccc1C#N. The van der Waals surface area contributed by atoms with Crippen molar-refractivity contribution in [2.24, 2.45) is 0 Å². The zero-order valence-corrected chi connectivity index (χ0v) is 15.7. The van der Waals surface area contributed by atoms with Crippen LogP contribution in [0.4, 0.5) is 0 Å². The predicted octanol–water partition coefficient (Wildman–Crippen LogP) is 1.30. The van der Waals surface area contributed by atoms with Crippen molar-refractivity contribution in [3.8, 4) is 11.8 Å². The fourth-order valence-corrected chi connectivity index (χ4v) is 2.17. The first-order valence-electron chi connectivity index (χ1n) is 8.74. The smallest absolute Gasteiger partial charge is 0.276 e. The van der Waals surface area contributed by atoms with Gasteiger partial charge in [-0.15, -0.1) is 0 Å². The van der Waals surface area contributed by atoms with Crippen molar-refractivity contribution in [1.29, 1.82) is 5.26 Å². The lowest BCUT2D eigenvalue weighted by molar-refractivity contribution is -0.131. The summed E-state index contributed by atoms with van der Waals surface area (Å²) in [4.78, 5) is 35.7. The lowest BCUT2D eigenvalue weighted by Gasteiger charge is -2.14. The number of nitrogens with zero attached hydrogens (tertiary/aromatic N) is 1. The lowest BCUT2D eigenvalue weighted by Crippen LogP contribution is -2.51. The van der Waals surface area contributed by atoms with Gasteiger partial charge < -0.3 is 10.1 Å². The van der Waals surface area contributed by atoms with Crippen molar-refractivity contribution in [2.75, 3.05) is 6.61 Å². The number of hydrogen-bond donors (Lipinski definition) is 3. The third kappa shape index (κ3) is 7.19. The summed E-state index contributed by atoms with van der Waals surface area (Å²) in [5.41, 5.74) is 5.54. The van der Waals surface area contributed by atoms with Gasteiger partial charge in [0.1, 0.15) is 17.9 Å². The number of rotatable bonds is 7.